The highest BCUT2D eigenvalue weighted by Gasteiger charge is 2.09. The van der Waals surface area contributed by atoms with E-state index in [1.807, 2.05) is 0 Å². The van der Waals surface area contributed by atoms with Crippen molar-refractivity contribution in [1.29, 1.82) is 0 Å². The van der Waals surface area contributed by atoms with Gasteiger partial charge in [0.05, 0.1) is 22.6 Å². The molecule has 1 amide bonds. The molecule has 104 valence electrons. The van der Waals surface area contributed by atoms with E-state index >= 15 is 0 Å². The number of aromatic nitrogens is 2. The fourth-order valence-electron chi connectivity index (χ4n) is 1.61. The SMILES string of the molecule is O=C(CCn1ccnc1)Nc1ccc(C(=O)O)cc1Cl. The van der Waals surface area contributed by atoms with Gasteiger partial charge < -0.3 is 15.0 Å². The second kappa shape index (κ2) is 6.21. The molecular weight excluding hydrogens is 282 g/mol. The molecule has 0 radical (unpaired) electrons. The van der Waals surface area contributed by atoms with Gasteiger partial charge in [0.25, 0.3) is 0 Å². The maximum absolute atomic E-state index is 11.8. The summed E-state index contributed by atoms with van der Waals surface area (Å²) < 4.78 is 1.79. The second-order valence-electron chi connectivity index (χ2n) is 4.10. The number of nitrogens with zero attached hydrogens (tertiary/aromatic N) is 2. The van der Waals surface area contributed by atoms with Crippen LogP contribution < -0.4 is 5.32 Å². The number of imidazole rings is 1. The minimum absolute atomic E-state index is 0.0754. The molecular formula is C13H12ClN3O3. The van der Waals surface area contributed by atoms with E-state index in [9.17, 15) is 9.59 Å². The molecule has 7 heteroatoms. The zero-order chi connectivity index (χ0) is 14.5. The maximum Gasteiger partial charge on any atom is 0.335 e. The number of hydrogen-bond donors (Lipinski definition) is 2. The molecule has 0 spiro atoms. The number of hydrogen-bond acceptors (Lipinski definition) is 3. The molecule has 2 N–H and O–H groups in total. The van der Waals surface area contributed by atoms with Crippen LogP contribution in [-0.4, -0.2) is 26.5 Å². The van der Waals surface area contributed by atoms with Gasteiger partial charge in [-0.25, -0.2) is 9.78 Å². The lowest BCUT2D eigenvalue weighted by Gasteiger charge is -2.08. The lowest BCUT2D eigenvalue weighted by atomic mass is 10.2. The fraction of sp³-hybridized carbons (Fsp3) is 0.154. The smallest absolute Gasteiger partial charge is 0.335 e. The minimum atomic E-state index is -1.06. The van der Waals surface area contributed by atoms with Gasteiger partial charge in [0, 0.05) is 25.4 Å². The predicted molar refractivity (Wildman–Crippen MR) is 73.9 cm³/mol. The number of carbonyl (C=O) groups excluding carboxylic acids is 1. The van der Waals surface area contributed by atoms with Crippen LogP contribution in [0, 0.1) is 0 Å². The Balaban J connectivity index is 1.95. The number of carbonyl (C=O) groups is 2. The molecule has 2 rings (SSSR count). The number of aryl methyl sites for hydroxylation is 1. The van der Waals surface area contributed by atoms with Crippen molar-refractivity contribution in [1.82, 2.24) is 9.55 Å². The van der Waals surface area contributed by atoms with E-state index in [4.69, 9.17) is 16.7 Å². The van der Waals surface area contributed by atoms with Crippen molar-refractivity contribution in [2.75, 3.05) is 5.32 Å². The molecule has 2 aromatic rings. The molecule has 1 heterocycles. The number of anilines is 1. The summed E-state index contributed by atoms with van der Waals surface area (Å²) in [6.07, 6.45) is 5.30. The first-order valence-corrected chi connectivity index (χ1v) is 6.22. The molecule has 0 saturated carbocycles. The van der Waals surface area contributed by atoms with Gasteiger partial charge in [-0.05, 0) is 18.2 Å². The summed E-state index contributed by atoms with van der Waals surface area (Å²) in [6, 6.07) is 4.16. The summed E-state index contributed by atoms with van der Waals surface area (Å²) in [5, 5.41) is 11.7. The summed E-state index contributed by atoms with van der Waals surface area (Å²) in [4.78, 5) is 26.4. The number of amides is 1. The predicted octanol–water partition coefficient (Wildman–Crippen LogP) is 2.26. The van der Waals surface area contributed by atoms with Gasteiger partial charge >= 0.3 is 5.97 Å². The Morgan fingerprint density at radius 3 is 2.80 bits per heavy atom. The summed E-state index contributed by atoms with van der Waals surface area (Å²) >= 11 is 5.92. The number of nitrogens with one attached hydrogen (secondary N) is 1. The van der Waals surface area contributed by atoms with Crippen LogP contribution in [0.4, 0.5) is 5.69 Å². The number of carboxylic acid groups (broad SMARTS) is 1. The van der Waals surface area contributed by atoms with E-state index < -0.39 is 5.97 Å². The van der Waals surface area contributed by atoms with Gasteiger partial charge in [0.1, 0.15) is 0 Å². The van der Waals surface area contributed by atoms with Crippen molar-refractivity contribution in [2.24, 2.45) is 0 Å². The summed E-state index contributed by atoms with van der Waals surface area (Å²) in [7, 11) is 0. The van der Waals surface area contributed by atoms with Crippen molar-refractivity contribution >= 4 is 29.2 Å². The lowest BCUT2D eigenvalue weighted by molar-refractivity contribution is -0.116. The zero-order valence-electron chi connectivity index (χ0n) is 10.4. The summed E-state index contributed by atoms with van der Waals surface area (Å²) in [5.41, 5.74) is 0.471. The number of carboxylic acids is 1. The van der Waals surface area contributed by atoms with Crippen LogP contribution in [0.1, 0.15) is 16.8 Å². The Bertz CT molecular complexity index is 626. The third kappa shape index (κ3) is 3.58. The van der Waals surface area contributed by atoms with Gasteiger partial charge in [-0.2, -0.15) is 0 Å². The first-order chi connectivity index (χ1) is 9.56. The lowest BCUT2D eigenvalue weighted by Crippen LogP contribution is -2.14. The third-order valence-electron chi connectivity index (χ3n) is 2.65. The topological polar surface area (TPSA) is 84.2 Å². The quantitative estimate of drug-likeness (QED) is 0.885. The van der Waals surface area contributed by atoms with Gasteiger partial charge in [-0.1, -0.05) is 11.6 Å². The van der Waals surface area contributed by atoms with E-state index in [0.717, 1.165) is 0 Å². The molecule has 1 aromatic heterocycles. The highest BCUT2D eigenvalue weighted by atomic mass is 35.5. The Morgan fingerprint density at radius 1 is 1.40 bits per heavy atom. The highest BCUT2D eigenvalue weighted by molar-refractivity contribution is 6.34. The number of benzene rings is 1. The van der Waals surface area contributed by atoms with E-state index in [-0.39, 0.29) is 22.9 Å². The summed E-state index contributed by atoms with van der Waals surface area (Å²) in [5.74, 6) is -1.27. The molecule has 6 nitrogen and oxygen atoms in total. The van der Waals surface area contributed by atoms with Gasteiger partial charge in [0.2, 0.25) is 5.91 Å². The monoisotopic (exact) mass is 293 g/mol. The highest BCUT2D eigenvalue weighted by Crippen LogP contribution is 2.23. The molecule has 0 fully saturated rings. The van der Waals surface area contributed by atoms with Gasteiger partial charge in [-0.15, -0.1) is 0 Å². The van der Waals surface area contributed by atoms with Crippen LogP contribution >= 0.6 is 11.6 Å². The Morgan fingerprint density at radius 2 is 2.20 bits per heavy atom. The minimum Gasteiger partial charge on any atom is -0.478 e. The van der Waals surface area contributed by atoms with Crippen molar-refractivity contribution in [3.05, 3.63) is 47.5 Å². The number of halogens is 1. The number of aromatic carboxylic acids is 1. The van der Waals surface area contributed by atoms with Crippen molar-refractivity contribution in [2.45, 2.75) is 13.0 Å². The third-order valence-corrected chi connectivity index (χ3v) is 2.96. The molecule has 0 atom stereocenters. The molecule has 0 aliphatic carbocycles. The fourth-order valence-corrected chi connectivity index (χ4v) is 1.84. The van der Waals surface area contributed by atoms with Crippen LogP contribution in [0.2, 0.25) is 5.02 Å². The van der Waals surface area contributed by atoms with Crippen molar-refractivity contribution in [3.63, 3.8) is 0 Å². The number of rotatable bonds is 5. The van der Waals surface area contributed by atoms with E-state index in [0.29, 0.717) is 12.2 Å². The molecule has 0 unspecified atom stereocenters. The normalized spacial score (nSPS) is 10.2. The van der Waals surface area contributed by atoms with Crippen LogP contribution in [0.5, 0.6) is 0 Å². The van der Waals surface area contributed by atoms with E-state index in [1.165, 1.54) is 18.2 Å². The first kappa shape index (κ1) is 14.1. The van der Waals surface area contributed by atoms with Crippen LogP contribution in [0.3, 0.4) is 0 Å². The average molecular weight is 294 g/mol. The van der Waals surface area contributed by atoms with E-state index in [2.05, 4.69) is 10.3 Å². The standard InChI is InChI=1S/C13H12ClN3O3/c14-10-7-9(13(19)20)1-2-11(10)16-12(18)3-5-17-6-4-15-8-17/h1-2,4,6-8H,3,5H2,(H,16,18)(H,19,20). The maximum atomic E-state index is 11.8. The molecule has 0 aliphatic rings. The Kier molecular flexibility index (Phi) is 4.37. The van der Waals surface area contributed by atoms with Crippen LogP contribution in [0.15, 0.2) is 36.9 Å². The largest absolute Gasteiger partial charge is 0.478 e. The van der Waals surface area contributed by atoms with Crippen LogP contribution in [0.25, 0.3) is 0 Å². The van der Waals surface area contributed by atoms with Crippen molar-refractivity contribution in [3.8, 4) is 0 Å². The second-order valence-corrected chi connectivity index (χ2v) is 4.51. The zero-order valence-corrected chi connectivity index (χ0v) is 11.2. The molecule has 1 aromatic carbocycles. The van der Waals surface area contributed by atoms with Crippen molar-refractivity contribution < 1.29 is 14.7 Å². The van der Waals surface area contributed by atoms with Gasteiger partial charge in [0.15, 0.2) is 0 Å². The molecule has 20 heavy (non-hydrogen) atoms. The van der Waals surface area contributed by atoms with Gasteiger partial charge in [-0.3, -0.25) is 4.79 Å². The Labute approximate surface area is 120 Å². The molecule has 0 aliphatic heterocycles. The average Bonchev–Trinajstić information content (AvgIpc) is 2.91. The van der Waals surface area contributed by atoms with Crippen LogP contribution in [-0.2, 0) is 11.3 Å². The van der Waals surface area contributed by atoms with E-state index in [1.54, 1.807) is 23.3 Å². The summed E-state index contributed by atoms with van der Waals surface area (Å²) in [6.45, 7) is 0.511. The molecule has 0 saturated heterocycles. The molecule has 0 bridgehead atoms. The Hall–Kier alpha value is -2.34. The first-order valence-electron chi connectivity index (χ1n) is 5.84.